The van der Waals surface area contributed by atoms with Crippen LogP contribution in [0.2, 0.25) is 0 Å². The van der Waals surface area contributed by atoms with Crippen LogP contribution in [0.5, 0.6) is 0 Å². The summed E-state index contributed by atoms with van der Waals surface area (Å²) in [6, 6.07) is 5.05. The lowest BCUT2D eigenvalue weighted by Crippen LogP contribution is -2.13. The Morgan fingerprint density at radius 1 is 1.37 bits per heavy atom. The number of nitrogens with one attached hydrogen (secondary N) is 3. The van der Waals surface area contributed by atoms with Gasteiger partial charge < -0.3 is 16.0 Å². The van der Waals surface area contributed by atoms with E-state index in [-0.39, 0.29) is 5.56 Å². The highest BCUT2D eigenvalue weighted by Crippen LogP contribution is 2.12. The van der Waals surface area contributed by atoms with Gasteiger partial charge in [-0.25, -0.2) is 9.97 Å². The Kier molecular flexibility index (Phi) is 2.64. The van der Waals surface area contributed by atoms with Crippen molar-refractivity contribution in [3.05, 3.63) is 46.8 Å². The Hall–Kier alpha value is -2.83. The van der Waals surface area contributed by atoms with Crippen LogP contribution in [0.15, 0.2) is 35.5 Å². The Bertz CT molecular complexity index is 761. The molecule has 3 rings (SSSR count). The van der Waals surface area contributed by atoms with Gasteiger partial charge in [-0.3, -0.25) is 9.78 Å². The van der Waals surface area contributed by atoms with Gasteiger partial charge >= 0.3 is 0 Å². The Morgan fingerprint density at radius 3 is 3.05 bits per heavy atom. The lowest BCUT2D eigenvalue weighted by Gasteiger charge is -2.05. The fourth-order valence-corrected chi connectivity index (χ4v) is 1.80. The first-order valence-corrected chi connectivity index (χ1v) is 5.73. The van der Waals surface area contributed by atoms with Crippen LogP contribution in [0.3, 0.4) is 0 Å². The maximum absolute atomic E-state index is 11.9. The summed E-state index contributed by atoms with van der Waals surface area (Å²) in [5, 5.41) is 3.50. The normalized spacial score (nSPS) is 10.7. The zero-order chi connectivity index (χ0) is 13.2. The first-order chi connectivity index (χ1) is 9.22. The molecule has 0 saturated heterocycles. The Labute approximate surface area is 107 Å². The molecule has 2 aromatic heterocycles. The fourth-order valence-electron chi connectivity index (χ4n) is 1.80. The van der Waals surface area contributed by atoms with E-state index in [0.717, 1.165) is 5.69 Å². The van der Waals surface area contributed by atoms with Crippen molar-refractivity contribution in [2.75, 3.05) is 11.1 Å². The van der Waals surface area contributed by atoms with Crippen LogP contribution in [-0.4, -0.2) is 19.9 Å². The van der Waals surface area contributed by atoms with Gasteiger partial charge in [-0.1, -0.05) is 0 Å². The van der Waals surface area contributed by atoms with Gasteiger partial charge in [-0.15, -0.1) is 0 Å². The van der Waals surface area contributed by atoms with Crippen molar-refractivity contribution in [1.82, 2.24) is 19.9 Å². The number of rotatable bonds is 3. The second-order valence-corrected chi connectivity index (χ2v) is 4.12. The molecule has 0 radical (unpaired) electrons. The number of benzene rings is 1. The molecule has 0 spiro atoms. The number of hydrogen-bond acceptors (Lipinski definition) is 5. The molecule has 0 aliphatic rings. The lowest BCUT2D eigenvalue weighted by molar-refractivity contribution is 1.02. The first kappa shape index (κ1) is 11.3. The van der Waals surface area contributed by atoms with Crippen molar-refractivity contribution in [2.45, 2.75) is 6.54 Å². The van der Waals surface area contributed by atoms with E-state index in [4.69, 9.17) is 5.73 Å². The van der Waals surface area contributed by atoms with E-state index in [2.05, 4.69) is 25.3 Å². The standard InChI is InChI=1S/C12H12N6O/c13-7-1-2-10-9(3-7)11(19)18-12(17-10)15-5-8-4-14-6-16-8/h1-4,6H,5,13H2,(H,14,16)(H2,15,17,18,19). The van der Waals surface area contributed by atoms with Gasteiger partial charge in [0.05, 0.1) is 29.5 Å². The predicted octanol–water partition coefficient (Wildman–Crippen LogP) is 0.840. The van der Waals surface area contributed by atoms with Crippen LogP contribution in [0.4, 0.5) is 11.6 Å². The number of fused-ring (bicyclic) bond motifs is 1. The highest BCUT2D eigenvalue weighted by atomic mass is 16.1. The molecule has 0 bridgehead atoms. The zero-order valence-electron chi connectivity index (χ0n) is 9.97. The third-order valence-electron chi connectivity index (χ3n) is 2.73. The summed E-state index contributed by atoms with van der Waals surface area (Å²) < 4.78 is 0. The smallest absolute Gasteiger partial charge is 0.260 e. The van der Waals surface area contributed by atoms with Crippen LogP contribution in [0.1, 0.15) is 5.69 Å². The average Bonchev–Trinajstić information content (AvgIpc) is 2.90. The van der Waals surface area contributed by atoms with Crippen LogP contribution >= 0.6 is 0 Å². The van der Waals surface area contributed by atoms with Crippen molar-refractivity contribution < 1.29 is 0 Å². The Balaban J connectivity index is 1.93. The predicted molar refractivity (Wildman–Crippen MR) is 72.7 cm³/mol. The molecule has 0 aliphatic heterocycles. The largest absolute Gasteiger partial charge is 0.399 e. The molecule has 2 heterocycles. The second kappa shape index (κ2) is 4.45. The molecular weight excluding hydrogens is 244 g/mol. The number of aromatic amines is 2. The summed E-state index contributed by atoms with van der Waals surface area (Å²) in [6.07, 6.45) is 3.29. The third-order valence-corrected chi connectivity index (χ3v) is 2.73. The van der Waals surface area contributed by atoms with Gasteiger partial charge in [0.15, 0.2) is 0 Å². The molecule has 3 aromatic rings. The third kappa shape index (κ3) is 2.25. The van der Waals surface area contributed by atoms with Crippen LogP contribution in [0.25, 0.3) is 10.9 Å². The molecule has 7 heteroatoms. The topological polar surface area (TPSA) is 112 Å². The summed E-state index contributed by atoms with van der Waals surface area (Å²) >= 11 is 0. The van der Waals surface area contributed by atoms with E-state index in [1.165, 1.54) is 0 Å². The summed E-state index contributed by atoms with van der Waals surface area (Å²) in [5.41, 5.74) is 7.47. The number of nitrogen functional groups attached to an aromatic ring is 1. The first-order valence-electron chi connectivity index (χ1n) is 5.73. The van der Waals surface area contributed by atoms with Crippen LogP contribution in [0, 0.1) is 0 Å². The molecule has 96 valence electrons. The quantitative estimate of drug-likeness (QED) is 0.519. The molecule has 0 saturated carbocycles. The van der Waals surface area contributed by atoms with Gasteiger partial charge in [0.25, 0.3) is 5.56 Å². The molecular formula is C12H12N6O. The molecule has 0 fully saturated rings. The minimum Gasteiger partial charge on any atom is -0.399 e. The molecule has 1 aromatic carbocycles. The van der Waals surface area contributed by atoms with E-state index >= 15 is 0 Å². The number of nitrogens with two attached hydrogens (primary N) is 1. The zero-order valence-corrected chi connectivity index (χ0v) is 9.97. The molecule has 19 heavy (non-hydrogen) atoms. The van der Waals surface area contributed by atoms with Gasteiger partial charge in [0.1, 0.15) is 0 Å². The van der Waals surface area contributed by atoms with E-state index in [0.29, 0.717) is 29.1 Å². The molecule has 5 N–H and O–H groups in total. The summed E-state index contributed by atoms with van der Waals surface area (Å²) in [7, 11) is 0. The molecule has 0 unspecified atom stereocenters. The van der Waals surface area contributed by atoms with Gasteiger partial charge in [-0.2, -0.15) is 0 Å². The van der Waals surface area contributed by atoms with Crippen molar-refractivity contribution in [3.8, 4) is 0 Å². The minimum atomic E-state index is -0.218. The monoisotopic (exact) mass is 256 g/mol. The van der Waals surface area contributed by atoms with Gasteiger partial charge in [0, 0.05) is 11.9 Å². The number of hydrogen-bond donors (Lipinski definition) is 4. The minimum absolute atomic E-state index is 0.218. The molecule has 0 amide bonds. The summed E-state index contributed by atoms with van der Waals surface area (Å²) in [5.74, 6) is 0.414. The Morgan fingerprint density at radius 2 is 2.26 bits per heavy atom. The second-order valence-electron chi connectivity index (χ2n) is 4.12. The molecule has 7 nitrogen and oxygen atoms in total. The number of nitrogens with zero attached hydrogens (tertiary/aromatic N) is 2. The van der Waals surface area contributed by atoms with Crippen molar-refractivity contribution >= 4 is 22.5 Å². The van der Waals surface area contributed by atoms with Gasteiger partial charge in [0.2, 0.25) is 5.95 Å². The highest BCUT2D eigenvalue weighted by Gasteiger charge is 2.04. The van der Waals surface area contributed by atoms with Crippen molar-refractivity contribution in [1.29, 1.82) is 0 Å². The van der Waals surface area contributed by atoms with Gasteiger partial charge in [-0.05, 0) is 18.2 Å². The maximum atomic E-state index is 11.9. The van der Waals surface area contributed by atoms with Crippen LogP contribution < -0.4 is 16.6 Å². The van der Waals surface area contributed by atoms with E-state index in [1.54, 1.807) is 30.7 Å². The molecule has 0 atom stereocenters. The van der Waals surface area contributed by atoms with E-state index in [1.807, 2.05) is 0 Å². The highest BCUT2D eigenvalue weighted by molar-refractivity contribution is 5.81. The summed E-state index contributed by atoms with van der Waals surface area (Å²) in [6.45, 7) is 0.503. The van der Waals surface area contributed by atoms with E-state index < -0.39 is 0 Å². The average molecular weight is 256 g/mol. The number of imidazole rings is 1. The number of aromatic nitrogens is 4. The van der Waals surface area contributed by atoms with Crippen molar-refractivity contribution in [2.24, 2.45) is 0 Å². The summed E-state index contributed by atoms with van der Waals surface area (Å²) in [4.78, 5) is 25.8. The molecule has 0 aliphatic carbocycles. The van der Waals surface area contributed by atoms with Crippen LogP contribution in [-0.2, 0) is 6.54 Å². The SMILES string of the molecule is Nc1ccc2nc(NCc3cnc[nH]3)[nH]c(=O)c2c1. The maximum Gasteiger partial charge on any atom is 0.260 e. The van der Waals surface area contributed by atoms with Crippen molar-refractivity contribution in [3.63, 3.8) is 0 Å². The number of H-pyrrole nitrogens is 2. The lowest BCUT2D eigenvalue weighted by atomic mass is 10.2. The van der Waals surface area contributed by atoms with E-state index in [9.17, 15) is 4.79 Å². The number of anilines is 2. The fraction of sp³-hybridized carbons (Fsp3) is 0.0833.